The zero-order valence-corrected chi connectivity index (χ0v) is 13.5. The van der Waals surface area contributed by atoms with Crippen LogP contribution in [0.3, 0.4) is 0 Å². The van der Waals surface area contributed by atoms with E-state index < -0.39 is 17.6 Å². The number of aliphatic imine (C=N–C) groups is 1. The van der Waals surface area contributed by atoms with Gasteiger partial charge in [0.15, 0.2) is 0 Å². The summed E-state index contributed by atoms with van der Waals surface area (Å²) in [5, 5.41) is 0. The normalized spacial score (nSPS) is 11.9. The van der Waals surface area contributed by atoms with Gasteiger partial charge in [0.1, 0.15) is 5.84 Å². The van der Waals surface area contributed by atoms with Crippen molar-refractivity contribution in [2.75, 3.05) is 11.3 Å². The first kappa shape index (κ1) is 18.6. The fourth-order valence-corrected chi connectivity index (χ4v) is 1.95. The fourth-order valence-electron chi connectivity index (χ4n) is 1.89. The number of carbonyl (C=O) groups excluding carboxylic acids is 1. The predicted octanol–water partition coefficient (Wildman–Crippen LogP) is 3.69. The molecule has 0 atom stereocenters. The van der Waals surface area contributed by atoms with Crippen LogP contribution in [-0.2, 0) is 6.18 Å². The number of amidine groups is 1. The smallest absolute Gasteiger partial charge is 0.386 e. The summed E-state index contributed by atoms with van der Waals surface area (Å²) in [6, 6.07) is 11.2. The highest BCUT2D eigenvalue weighted by atomic mass is 35.5. The maximum Gasteiger partial charge on any atom is 0.416 e. The van der Waals surface area contributed by atoms with E-state index in [4.69, 9.17) is 17.3 Å². The van der Waals surface area contributed by atoms with Crippen LogP contribution in [-0.4, -0.2) is 17.6 Å². The lowest BCUT2D eigenvalue weighted by Gasteiger charge is -2.13. The molecular weight excluding hydrogens is 357 g/mol. The summed E-state index contributed by atoms with van der Waals surface area (Å²) in [4.78, 5) is 16.2. The van der Waals surface area contributed by atoms with Crippen LogP contribution >= 0.6 is 11.6 Å². The number of carbonyl (C=O) groups is 1. The summed E-state index contributed by atoms with van der Waals surface area (Å²) in [5.74, 6) is -0.938. The molecule has 0 heterocycles. The molecule has 0 fully saturated rings. The Hall–Kier alpha value is -2.74. The van der Waals surface area contributed by atoms with Gasteiger partial charge >= 0.3 is 6.18 Å². The Labute approximate surface area is 146 Å². The van der Waals surface area contributed by atoms with Crippen molar-refractivity contribution < 1.29 is 18.0 Å². The summed E-state index contributed by atoms with van der Waals surface area (Å²) < 4.78 is 38.7. The van der Waals surface area contributed by atoms with Crippen LogP contribution in [0.25, 0.3) is 0 Å². The molecule has 1 amide bonds. The van der Waals surface area contributed by atoms with Gasteiger partial charge in [0.05, 0.1) is 28.4 Å². The van der Waals surface area contributed by atoms with Crippen molar-refractivity contribution in [3.8, 4) is 0 Å². The molecule has 0 saturated carbocycles. The van der Waals surface area contributed by atoms with Gasteiger partial charge in [-0.05, 0) is 30.3 Å². The molecule has 2 rings (SSSR count). The molecule has 0 saturated heterocycles. The van der Waals surface area contributed by atoms with Gasteiger partial charge in [0, 0.05) is 0 Å². The predicted molar refractivity (Wildman–Crippen MR) is 91.0 cm³/mol. The average Bonchev–Trinajstić information content (AvgIpc) is 2.59. The van der Waals surface area contributed by atoms with E-state index in [0.717, 1.165) is 12.1 Å². The summed E-state index contributed by atoms with van der Waals surface area (Å²) in [5.41, 5.74) is 9.74. The summed E-state index contributed by atoms with van der Waals surface area (Å²) in [6.45, 7) is 0. The Morgan fingerprint density at radius 2 is 1.84 bits per heavy atom. The average molecular weight is 371 g/mol. The van der Waals surface area contributed by atoms with Crippen molar-refractivity contribution in [1.29, 1.82) is 0 Å². The Kier molecular flexibility index (Phi) is 5.87. The van der Waals surface area contributed by atoms with Crippen molar-refractivity contribution in [2.45, 2.75) is 6.18 Å². The molecule has 9 heteroatoms. The maximum absolute atomic E-state index is 12.9. The lowest BCUT2D eigenvalue weighted by Crippen LogP contribution is -2.29. The minimum Gasteiger partial charge on any atom is -0.386 e. The van der Waals surface area contributed by atoms with Crippen LogP contribution in [0, 0.1) is 0 Å². The van der Waals surface area contributed by atoms with Crippen LogP contribution in [0.4, 0.5) is 24.5 Å². The Balaban J connectivity index is 2.32. The van der Waals surface area contributed by atoms with E-state index in [2.05, 4.69) is 15.8 Å². The zero-order valence-electron chi connectivity index (χ0n) is 12.8. The number of hydrogen-bond donors (Lipinski definition) is 3. The van der Waals surface area contributed by atoms with Gasteiger partial charge in [-0.1, -0.05) is 18.2 Å². The van der Waals surface area contributed by atoms with Crippen LogP contribution in [0.15, 0.2) is 53.5 Å². The molecule has 0 radical (unpaired) electrons. The molecule has 132 valence electrons. The van der Waals surface area contributed by atoms with E-state index in [1.165, 1.54) is 0 Å². The quantitative estimate of drug-likeness (QED) is 0.325. The molecule has 2 aromatic carbocycles. The molecule has 4 N–H and O–H groups in total. The number of anilines is 1. The van der Waals surface area contributed by atoms with Crippen LogP contribution in [0.5, 0.6) is 0 Å². The van der Waals surface area contributed by atoms with Crippen LogP contribution < -0.4 is 16.6 Å². The Morgan fingerprint density at radius 3 is 2.44 bits per heavy atom. The van der Waals surface area contributed by atoms with Crippen molar-refractivity contribution in [3.63, 3.8) is 0 Å². The molecule has 0 aromatic heterocycles. The van der Waals surface area contributed by atoms with E-state index in [1.54, 1.807) is 30.3 Å². The second-order valence-corrected chi connectivity index (χ2v) is 5.18. The molecule has 0 unspecified atom stereocenters. The lowest BCUT2D eigenvalue weighted by molar-refractivity contribution is -0.137. The molecule has 5 nitrogen and oxygen atoms in total. The first-order valence-electron chi connectivity index (χ1n) is 7.03. The number of para-hydroxylation sites is 1. The van der Waals surface area contributed by atoms with Crippen LogP contribution in [0.2, 0.25) is 0 Å². The SMILES string of the molecule is NC(CCl)=Nc1ccc(C(F)(F)F)cc1C(=O)NNc1ccccc1. The lowest BCUT2D eigenvalue weighted by atomic mass is 10.1. The molecular formula is C16H14ClF3N4O. The first-order chi connectivity index (χ1) is 11.8. The van der Waals surface area contributed by atoms with E-state index in [1.807, 2.05) is 0 Å². The fraction of sp³-hybridized carbons (Fsp3) is 0.125. The zero-order chi connectivity index (χ0) is 18.4. The summed E-state index contributed by atoms with van der Waals surface area (Å²) in [6.07, 6.45) is -4.60. The molecule has 25 heavy (non-hydrogen) atoms. The van der Waals surface area contributed by atoms with Crippen molar-refractivity contribution >= 4 is 34.7 Å². The topological polar surface area (TPSA) is 79.5 Å². The molecule has 0 spiro atoms. The minimum absolute atomic E-state index is 0.0153. The van der Waals surface area contributed by atoms with E-state index in [-0.39, 0.29) is 23.0 Å². The maximum atomic E-state index is 12.9. The monoisotopic (exact) mass is 370 g/mol. The molecule has 0 aliphatic carbocycles. The third kappa shape index (κ3) is 5.12. The highest BCUT2D eigenvalue weighted by Crippen LogP contribution is 2.32. The number of halogens is 4. The Bertz CT molecular complexity index is 779. The van der Waals surface area contributed by atoms with Gasteiger partial charge in [-0.25, -0.2) is 4.99 Å². The number of nitrogens with two attached hydrogens (primary N) is 1. The van der Waals surface area contributed by atoms with E-state index in [0.29, 0.717) is 11.8 Å². The molecule has 0 aliphatic heterocycles. The van der Waals surface area contributed by atoms with Gasteiger partial charge in [-0.15, -0.1) is 11.6 Å². The highest BCUT2D eigenvalue weighted by Gasteiger charge is 2.31. The second-order valence-electron chi connectivity index (χ2n) is 4.91. The minimum atomic E-state index is -4.60. The standard InChI is InChI=1S/C16H14ClF3N4O/c17-9-14(21)22-13-7-6-10(16(18,19)20)8-12(13)15(25)24-23-11-4-2-1-3-5-11/h1-8,23H,9H2,(H2,21,22)(H,24,25). The van der Waals surface area contributed by atoms with E-state index in [9.17, 15) is 18.0 Å². The largest absolute Gasteiger partial charge is 0.416 e. The molecule has 0 aliphatic rings. The third-order valence-electron chi connectivity index (χ3n) is 3.06. The van der Waals surface area contributed by atoms with Crippen molar-refractivity contribution in [2.24, 2.45) is 10.7 Å². The number of hydrogen-bond acceptors (Lipinski definition) is 3. The third-order valence-corrected chi connectivity index (χ3v) is 3.34. The number of benzene rings is 2. The van der Waals surface area contributed by atoms with Crippen LogP contribution in [0.1, 0.15) is 15.9 Å². The first-order valence-corrected chi connectivity index (χ1v) is 7.56. The van der Waals surface area contributed by atoms with Gasteiger partial charge < -0.3 is 5.73 Å². The molecule has 2 aromatic rings. The van der Waals surface area contributed by atoms with Crippen molar-refractivity contribution in [1.82, 2.24) is 5.43 Å². The van der Waals surface area contributed by atoms with Gasteiger partial charge in [-0.3, -0.25) is 15.6 Å². The number of alkyl halides is 4. The van der Waals surface area contributed by atoms with Gasteiger partial charge in [0.2, 0.25) is 0 Å². The summed E-state index contributed by atoms with van der Waals surface area (Å²) in [7, 11) is 0. The molecule has 0 bridgehead atoms. The van der Waals surface area contributed by atoms with Crippen molar-refractivity contribution in [3.05, 3.63) is 59.7 Å². The second kappa shape index (κ2) is 7.89. The highest BCUT2D eigenvalue weighted by molar-refractivity contribution is 6.28. The van der Waals surface area contributed by atoms with Gasteiger partial charge in [-0.2, -0.15) is 13.2 Å². The van der Waals surface area contributed by atoms with Gasteiger partial charge in [0.25, 0.3) is 5.91 Å². The number of rotatable bonds is 5. The number of amides is 1. The van der Waals surface area contributed by atoms with E-state index >= 15 is 0 Å². The number of hydrazine groups is 1. The number of nitrogens with zero attached hydrogens (tertiary/aromatic N) is 1. The number of nitrogens with one attached hydrogen (secondary N) is 2. The Morgan fingerprint density at radius 1 is 1.16 bits per heavy atom. The summed E-state index contributed by atoms with van der Waals surface area (Å²) >= 11 is 5.53.